The number of anilines is 2. The highest BCUT2D eigenvalue weighted by Gasteiger charge is 2.10. The summed E-state index contributed by atoms with van der Waals surface area (Å²) in [6.07, 6.45) is 0. The van der Waals surface area contributed by atoms with Crippen LogP contribution in [0.4, 0.5) is 10.8 Å². The number of nitrogen functional groups attached to an aromatic ring is 1. The first-order chi connectivity index (χ1) is 10.0. The molecule has 0 aliphatic heterocycles. The van der Waals surface area contributed by atoms with E-state index in [1.165, 1.54) is 11.3 Å². The fraction of sp³-hybridized carbons (Fsp3) is 0.0667. The second-order valence-electron chi connectivity index (χ2n) is 4.67. The molecule has 4 nitrogen and oxygen atoms in total. The van der Waals surface area contributed by atoms with Gasteiger partial charge in [0.05, 0.1) is 15.9 Å². The zero-order valence-corrected chi connectivity index (χ0v) is 13.6. The molecule has 0 saturated heterocycles. The van der Waals surface area contributed by atoms with E-state index in [0.717, 1.165) is 25.9 Å². The summed E-state index contributed by atoms with van der Waals surface area (Å²) in [6, 6.07) is 11.2. The molecule has 0 saturated carbocycles. The lowest BCUT2D eigenvalue weighted by Gasteiger charge is -2.08. The summed E-state index contributed by atoms with van der Waals surface area (Å²) in [5, 5.41) is 3.40. The van der Waals surface area contributed by atoms with Gasteiger partial charge in [-0.05, 0) is 58.7 Å². The Labute approximate surface area is 134 Å². The minimum atomic E-state index is -0.159. The molecule has 0 radical (unpaired) electrons. The maximum absolute atomic E-state index is 12.3. The number of halogens is 1. The van der Waals surface area contributed by atoms with Gasteiger partial charge in [-0.15, -0.1) is 0 Å². The quantitative estimate of drug-likeness (QED) is 0.718. The lowest BCUT2D eigenvalue weighted by molar-refractivity contribution is 0.102. The first-order valence-corrected chi connectivity index (χ1v) is 7.87. The van der Waals surface area contributed by atoms with Gasteiger partial charge in [0, 0.05) is 10.0 Å². The standard InChI is InChI=1S/C15H12BrN3OS/c1-8-2-4-11(10(16)6-8)18-14(20)9-3-5-12-13(7-9)21-15(17)19-12/h2-7H,1H3,(H2,17,19)(H,18,20). The highest BCUT2D eigenvalue weighted by molar-refractivity contribution is 9.10. The van der Waals surface area contributed by atoms with Gasteiger partial charge in [-0.3, -0.25) is 4.79 Å². The minimum Gasteiger partial charge on any atom is -0.375 e. The maximum Gasteiger partial charge on any atom is 0.255 e. The van der Waals surface area contributed by atoms with E-state index in [1.807, 2.05) is 25.1 Å². The Morgan fingerprint density at radius 3 is 2.86 bits per heavy atom. The molecule has 1 amide bonds. The van der Waals surface area contributed by atoms with Crippen molar-refractivity contribution in [3.8, 4) is 0 Å². The number of aryl methyl sites for hydroxylation is 1. The van der Waals surface area contributed by atoms with Crippen LogP contribution >= 0.6 is 27.3 Å². The highest BCUT2D eigenvalue weighted by atomic mass is 79.9. The van der Waals surface area contributed by atoms with Crippen LogP contribution in [-0.4, -0.2) is 10.9 Å². The largest absolute Gasteiger partial charge is 0.375 e. The molecule has 6 heteroatoms. The van der Waals surface area contributed by atoms with Crippen LogP contribution in [0.3, 0.4) is 0 Å². The first kappa shape index (κ1) is 14.0. The molecule has 21 heavy (non-hydrogen) atoms. The predicted octanol–water partition coefficient (Wildman–Crippen LogP) is 4.20. The third-order valence-electron chi connectivity index (χ3n) is 3.04. The van der Waals surface area contributed by atoms with E-state index in [2.05, 4.69) is 26.2 Å². The molecule has 106 valence electrons. The van der Waals surface area contributed by atoms with Gasteiger partial charge in [0.15, 0.2) is 5.13 Å². The van der Waals surface area contributed by atoms with E-state index in [-0.39, 0.29) is 5.91 Å². The number of nitrogens with zero attached hydrogens (tertiary/aromatic N) is 1. The van der Waals surface area contributed by atoms with Crippen molar-refractivity contribution in [2.45, 2.75) is 6.92 Å². The third-order valence-corrected chi connectivity index (χ3v) is 4.54. The molecule has 3 aromatic rings. The molecule has 2 aromatic carbocycles. The molecule has 0 bridgehead atoms. The molecule has 0 aliphatic carbocycles. The van der Waals surface area contributed by atoms with Crippen molar-refractivity contribution in [3.05, 3.63) is 52.0 Å². The number of carbonyl (C=O) groups is 1. The summed E-state index contributed by atoms with van der Waals surface area (Å²) in [5.41, 5.74) is 8.94. The van der Waals surface area contributed by atoms with Crippen molar-refractivity contribution in [1.82, 2.24) is 4.98 Å². The number of fused-ring (bicyclic) bond motifs is 1. The van der Waals surface area contributed by atoms with Gasteiger partial charge in [0.1, 0.15) is 0 Å². The van der Waals surface area contributed by atoms with Crippen molar-refractivity contribution in [3.63, 3.8) is 0 Å². The molecule has 3 N–H and O–H groups in total. The number of benzene rings is 2. The predicted molar refractivity (Wildman–Crippen MR) is 90.9 cm³/mol. The Bertz CT molecular complexity index is 844. The van der Waals surface area contributed by atoms with E-state index >= 15 is 0 Å². The molecule has 3 rings (SSSR count). The summed E-state index contributed by atoms with van der Waals surface area (Å²) < 4.78 is 1.77. The fourth-order valence-corrected chi connectivity index (χ4v) is 3.37. The van der Waals surface area contributed by atoms with Crippen LogP contribution in [0.5, 0.6) is 0 Å². The highest BCUT2D eigenvalue weighted by Crippen LogP contribution is 2.26. The van der Waals surface area contributed by atoms with Crippen LogP contribution < -0.4 is 11.1 Å². The topological polar surface area (TPSA) is 68.0 Å². The van der Waals surface area contributed by atoms with Crippen LogP contribution in [0.15, 0.2) is 40.9 Å². The second kappa shape index (κ2) is 5.46. The lowest BCUT2D eigenvalue weighted by Crippen LogP contribution is -2.12. The van der Waals surface area contributed by atoms with Crippen molar-refractivity contribution >= 4 is 54.2 Å². The van der Waals surface area contributed by atoms with E-state index in [4.69, 9.17) is 5.73 Å². The SMILES string of the molecule is Cc1ccc(NC(=O)c2ccc3nc(N)sc3c2)c(Br)c1. The van der Waals surface area contributed by atoms with Gasteiger partial charge in [-0.2, -0.15) is 0 Å². The summed E-state index contributed by atoms with van der Waals surface area (Å²) in [7, 11) is 0. The number of amides is 1. The van der Waals surface area contributed by atoms with E-state index < -0.39 is 0 Å². The van der Waals surface area contributed by atoms with E-state index in [0.29, 0.717) is 10.7 Å². The third kappa shape index (κ3) is 2.91. The molecular weight excluding hydrogens is 350 g/mol. The van der Waals surface area contributed by atoms with Crippen molar-refractivity contribution in [1.29, 1.82) is 0 Å². The summed E-state index contributed by atoms with van der Waals surface area (Å²) >= 11 is 4.82. The van der Waals surface area contributed by atoms with Crippen molar-refractivity contribution in [2.24, 2.45) is 0 Å². The van der Waals surface area contributed by atoms with E-state index in [1.54, 1.807) is 18.2 Å². The smallest absolute Gasteiger partial charge is 0.255 e. The molecular formula is C15H12BrN3OS. The van der Waals surface area contributed by atoms with Crippen molar-refractivity contribution in [2.75, 3.05) is 11.1 Å². The number of nitrogens with two attached hydrogens (primary N) is 1. The van der Waals surface area contributed by atoms with Crippen LogP contribution in [-0.2, 0) is 0 Å². The number of aromatic nitrogens is 1. The lowest BCUT2D eigenvalue weighted by atomic mass is 10.2. The molecule has 0 fully saturated rings. The van der Waals surface area contributed by atoms with Crippen LogP contribution in [0.2, 0.25) is 0 Å². The molecule has 0 aliphatic rings. The summed E-state index contributed by atoms with van der Waals surface area (Å²) in [6.45, 7) is 2.00. The van der Waals surface area contributed by atoms with Crippen LogP contribution in [0.25, 0.3) is 10.2 Å². The fourth-order valence-electron chi connectivity index (χ4n) is 2.00. The number of thiazole rings is 1. The zero-order valence-electron chi connectivity index (χ0n) is 11.2. The number of hydrogen-bond donors (Lipinski definition) is 2. The second-order valence-corrected chi connectivity index (χ2v) is 6.59. The maximum atomic E-state index is 12.3. The number of carbonyl (C=O) groups excluding carboxylic acids is 1. The van der Waals surface area contributed by atoms with Gasteiger partial charge in [-0.25, -0.2) is 4.98 Å². The summed E-state index contributed by atoms with van der Waals surface area (Å²) in [5.74, 6) is -0.159. The van der Waals surface area contributed by atoms with Gasteiger partial charge in [-0.1, -0.05) is 17.4 Å². The van der Waals surface area contributed by atoms with Gasteiger partial charge >= 0.3 is 0 Å². The van der Waals surface area contributed by atoms with Gasteiger partial charge in [0.25, 0.3) is 5.91 Å². The minimum absolute atomic E-state index is 0.159. The van der Waals surface area contributed by atoms with Crippen LogP contribution in [0, 0.1) is 6.92 Å². The number of rotatable bonds is 2. The Morgan fingerprint density at radius 2 is 2.10 bits per heavy atom. The Kier molecular flexibility index (Phi) is 3.65. The Balaban J connectivity index is 1.89. The van der Waals surface area contributed by atoms with Gasteiger partial charge in [0.2, 0.25) is 0 Å². The monoisotopic (exact) mass is 361 g/mol. The summed E-state index contributed by atoms with van der Waals surface area (Å²) in [4.78, 5) is 16.5. The van der Waals surface area contributed by atoms with Crippen LogP contribution in [0.1, 0.15) is 15.9 Å². The normalized spacial score (nSPS) is 10.8. The Morgan fingerprint density at radius 1 is 1.29 bits per heavy atom. The average molecular weight is 362 g/mol. The molecule has 0 spiro atoms. The number of nitrogens with one attached hydrogen (secondary N) is 1. The van der Waals surface area contributed by atoms with E-state index in [9.17, 15) is 4.79 Å². The molecule has 1 heterocycles. The van der Waals surface area contributed by atoms with Gasteiger partial charge < -0.3 is 11.1 Å². The zero-order chi connectivity index (χ0) is 15.0. The van der Waals surface area contributed by atoms with Crippen molar-refractivity contribution < 1.29 is 4.79 Å². The number of hydrogen-bond acceptors (Lipinski definition) is 4. The average Bonchev–Trinajstić information content (AvgIpc) is 2.80. The molecule has 0 unspecified atom stereocenters. The Hall–Kier alpha value is -1.92. The molecule has 1 aromatic heterocycles. The molecule has 0 atom stereocenters. The first-order valence-electron chi connectivity index (χ1n) is 6.26.